The molecule has 0 spiro atoms. The fourth-order valence-corrected chi connectivity index (χ4v) is 3.09. The van der Waals surface area contributed by atoms with E-state index in [-0.39, 0.29) is 5.63 Å². The minimum Gasteiger partial charge on any atom is -0.423 e. The molecule has 0 saturated heterocycles. The molecule has 1 aromatic heterocycles. The van der Waals surface area contributed by atoms with E-state index in [2.05, 4.69) is 48.5 Å². The zero-order valence-electron chi connectivity index (χ0n) is 13.1. The number of fused-ring (bicyclic) bond motifs is 4. The first-order valence-corrected chi connectivity index (χ1v) is 7.96. The standard InChI is InChI=1S/C13H10.C9H6O2/c1-3-7-12-10(5-1)9-11-6-2-4-8-13(11)12;10-9-6-5-7-3-1-2-4-8(7)11-9/h1-8H,9H2;1-6H. The second-order valence-corrected chi connectivity index (χ2v) is 5.78. The summed E-state index contributed by atoms with van der Waals surface area (Å²) >= 11 is 0. The Bertz CT molecular complexity index is 1020. The van der Waals surface area contributed by atoms with Gasteiger partial charge in [0.2, 0.25) is 0 Å². The molecular weight excluding hydrogens is 296 g/mol. The van der Waals surface area contributed by atoms with Crippen molar-refractivity contribution < 1.29 is 4.42 Å². The lowest BCUT2D eigenvalue weighted by Crippen LogP contribution is -1.93. The first-order chi connectivity index (χ1) is 11.8. The van der Waals surface area contributed by atoms with Gasteiger partial charge in [-0.3, -0.25) is 0 Å². The van der Waals surface area contributed by atoms with Crippen LogP contribution in [0.1, 0.15) is 11.1 Å². The van der Waals surface area contributed by atoms with Crippen LogP contribution in [0.2, 0.25) is 0 Å². The minimum absolute atomic E-state index is 0.302. The quantitative estimate of drug-likeness (QED) is 0.374. The maximum absolute atomic E-state index is 10.7. The van der Waals surface area contributed by atoms with Crippen LogP contribution in [0.3, 0.4) is 0 Å². The molecule has 116 valence electrons. The lowest BCUT2D eigenvalue weighted by molar-refractivity contribution is 0.561. The van der Waals surface area contributed by atoms with Crippen molar-refractivity contribution in [2.24, 2.45) is 0 Å². The zero-order chi connectivity index (χ0) is 16.4. The van der Waals surface area contributed by atoms with Crippen molar-refractivity contribution in [3.8, 4) is 11.1 Å². The number of hydrogen-bond acceptors (Lipinski definition) is 2. The van der Waals surface area contributed by atoms with Crippen LogP contribution in [0, 0.1) is 0 Å². The van der Waals surface area contributed by atoms with Crippen LogP contribution in [0.15, 0.2) is 94.1 Å². The highest BCUT2D eigenvalue weighted by Crippen LogP contribution is 2.35. The Morgan fingerprint density at radius 2 is 1.21 bits per heavy atom. The summed E-state index contributed by atoms with van der Waals surface area (Å²) in [7, 11) is 0. The van der Waals surface area contributed by atoms with E-state index in [1.54, 1.807) is 12.1 Å². The van der Waals surface area contributed by atoms with Crippen LogP contribution in [0.5, 0.6) is 0 Å². The molecule has 0 fully saturated rings. The van der Waals surface area contributed by atoms with E-state index in [4.69, 9.17) is 4.42 Å². The molecule has 24 heavy (non-hydrogen) atoms. The molecule has 0 radical (unpaired) electrons. The molecule has 0 atom stereocenters. The average molecular weight is 312 g/mol. The number of rotatable bonds is 0. The zero-order valence-corrected chi connectivity index (χ0v) is 13.1. The monoisotopic (exact) mass is 312 g/mol. The van der Waals surface area contributed by atoms with Gasteiger partial charge in [-0.15, -0.1) is 0 Å². The van der Waals surface area contributed by atoms with Crippen molar-refractivity contribution in [2.75, 3.05) is 0 Å². The van der Waals surface area contributed by atoms with E-state index in [1.165, 1.54) is 28.3 Å². The molecule has 0 bridgehead atoms. The Kier molecular flexibility index (Phi) is 3.72. The van der Waals surface area contributed by atoms with E-state index in [0.717, 1.165) is 11.8 Å². The summed E-state index contributed by atoms with van der Waals surface area (Å²) in [4.78, 5) is 10.7. The van der Waals surface area contributed by atoms with Gasteiger partial charge < -0.3 is 4.42 Å². The largest absolute Gasteiger partial charge is 0.423 e. The van der Waals surface area contributed by atoms with Crippen LogP contribution in [-0.2, 0) is 6.42 Å². The van der Waals surface area contributed by atoms with Gasteiger partial charge in [-0.2, -0.15) is 0 Å². The van der Waals surface area contributed by atoms with Gasteiger partial charge >= 0.3 is 5.63 Å². The van der Waals surface area contributed by atoms with Gasteiger partial charge in [0.25, 0.3) is 0 Å². The third-order valence-electron chi connectivity index (χ3n) is 4.23. The molecule has 1 heterocycles. The maximum atomic E-state index is 10.7. The van der Waals surface area contributed by atoms with Gasteiger partial charge in [0.15, 0.2) is 0 Å². The molecule has 1 aliphatic rings. The SMILES string of the molecule is O=c1ccc2ccccc2o1.c1ccc2c(c1)Cc1ccccc1-2. The van der Waals surface area contributed by atoms with E-state index in [0.29, 0.717) is 5.58 Å². The molecule has 2 nitrogen and oxygen atoms in total. The molecule has 0 N–H and O–H groups in total. The van der Waals surface area contributed by atoms with Crippen molar-refractivity contribution in [3.05, 3.63) is 106 Å². The highest BCUT2D eigenvalue weighted by molar-refractivity contribution is 5.76. The lowest BCUT2D eigenvalue weighted by Gasteiger charge is -1.98. The van der Waals surface area contributed by atoms with E-state index in [9.17, 15) is 4.79 Å². The second kappa shape index (κ2) is 6.17. The molecule has 0 unspecified atom stereocenters. The fourth-order valence-electron chi connectivity index (χ4n) is 3.09. The van der Waals surface area contributed by atoms with Crippen LogP contribution in [0.25, 0.3) is 22.1 Å². The topological polar surface area (TPSA) is 30.2 Å². The average Bonchev–Trinajstić information content (AvgIpc) is 3.01. The van der Waals surface area contributed by atoms with Crippen molar-refractivity contribution in [1.82, 2.24) is 0 Å². The van der Waals surface area contributed by atoms with Gasteiger partial charge in [0.05, 0.1) is 0 Å². The summed E-state index contributed by atoms with van der Waals surface area (Å²) in [6.45, 7) is 0. The molecule has 2 heteroatoms. The van der Waals surface area contributed by atoms with Crippen LogP contribution in [-0.4, -0.2) is 0 Å². The van der Waals surface area contributed by atoms with Gasteiger partial charge in [-0.25, -0.2) is 4.79 Å². The smallest absolute Gasteiger partial charge is 0.336 e. The van der Waals surface area contributed by atoms with Gasteiger partial charge in [-0.1, -0.05) is 66.7 Å². The summed E-state index contributed by atoms with van der Waals surface area (Å²) in [5.74, 6) is 0. The van der Waals surface area contributed by atoms with Gasteiger partial charge in [-0.05, 0) is 40.8 Å². The normalized spacial score (nSPS) is 11.3. The third-order valence-corrected chi connectivity index (χ3v) is 4.23. The minimum atomic E-state index is -0.302. The van der Waals surface area contributed by atoms with Crippen LogP contribution < -0.4 is 5.63 Å². The first kappa shape index (κ1) is 14.5. The van der Waals surface area contributed by atoms with Crippen molar-refractivity contribution >= 4 is 11.0 Å². The van der Waals surface area contributed by atoms with Crippen molar-refractivity contribution in [3.63, 3.8) is 0 Å². The second-order valence-electron chi connectivity index (χ2n) is 5.78. The molecule has 1 aliphatic carbocycles. The fraction of sp³-hybridized carbons (Fsp3) is 0.0455. The van der Waals surface area contributed by atoms with Crippen molar-refractivity contribution in [1.29, 1.82) is 0 Å². The third kappa shape index (κ3) is 2.74. The summed E-state index contributed by atoms with van der Waals surface area (Å²) in [5.41, 5.74) is 6.09. The molecule has 5 rings (SSSR count). The Labute approximate surface area is 140 Å². The highest BCUT2D eigenvalue weighted by Gasteiger charge is 2.15. The highest BCUT2D eigenvalue weighted by atomic mass is 16.4. The van der Waals surface area contributed by atoms with E-state index < -0.39 is 0 Å². The van der Waals surface area contributed by atoms with Crippen molar-refractivity contribution in [2.45, 2.75) is 6.42 Å². The van der Waals surface area contributed by atoms with E-state index in [1.807, 2.05) is 18.2 Å². The molecule has 4 aromatic rings. The molecule has 0 aliphatic heterocycles. The summed E-state index contributed by atoms with van der Waals surface area (Å²) in [6.07, 6.45) is 1.10. The molecule has 0 saturated carbocycles. The van der Waals surface area contributed by atoms with Gasteiger partial charge in [0.1, 0.15) is 5.58 Å². The lowest BCUT2D eigenvalue weighted by atomic mass is 10.1. The van der Waals surface area contributed by atoms with Crippen LogP contribution in [0.4, 0.5) is 0 Å². The summed E-state index contributed by atoms with van der Waals surface area (Å²) < 4.78 is 4.91. The molecule has 0 amide bonds. The summed E-state index contributed by atoms with van der Waals surface area (Å²) in [6, 6.07) is 27.9. The Morgan fingerprint density at radius 3 is 1.92 bits per heavy atom. The van der Waals surface area contributed by atoms with Gasteiger partial charge in [0, 0.05) is 11.5 Å². The number of hydrogen-bond donors (Lipinski definition) is 0. The maximum Gasteiger partial charge on any atom is 0.336 e. The summed E-state index contributed by atoms with van der Waals surface area (Å²) in [5, 5.41) is 0.951. The number of benzene rings is 3. The Hall–Kier alpha value is -3.13. The van der Waals surface area contributed by atoms with E-state index >= 15 is 0 Å². The predicted octanol–water partition coefficient (Wildman–Crippen LogP) is 5.05. The van der Waals surface area contributed by atoms with Crippen LogP contribution >= 0.6 is 0 Å². The molecular formula is C22H16O2. The number of para-hydroxylation sites is 1. The molecule has 3 aromatic carbocycles. The Balaban J connectivity index is 0.000000123. The Morgan fingerprint density at radius 1 is 0.625 bits per heavy atom. The first-order valence-electron chi connectivity index (χ1n) is 7.96. The predicted molar refractivity (Wildman–Crippen MR) is 97.2 cm³/mol.